The van der Waals surface area contributed by atoms with Gasteiger partial charge in [-0.05, 0) is 68.3 Å². The average Bonchev–Trinajstić information content (AvgIpc) is 3.14. The van der Waals surface area contributed by atoms with Crippen LogP contribution in [0.25, 0.3) is 5.76 Å². The molecule has 1 amide bonds. The van der Waals surface area contributed by atoms with E-state index >= 15 is 0 Å². The second-order valence-electron chi connectivity index (χ2n) is 9.19. The number of ketones is 1. The predicted octanol–water partition coefficient (Wildman–Crippen LogP) is 5.12. The lowest BCUT2D eigenvalue weighted by Crippen LogP contribution is -2.29. The summed E-state index contributed by atoms with van der Waals surface area (Å²) in [5.41, 5.74) is 3.24. The Balaban J connectivity index is 1.80. The largest absolute Gasteiger partial charge is 0.507 e. The summed E-state index contributed by atoms with van der Waals surface area (Å²) in [6.07, 6.45) is 0.0815. The average molecular weight is 500 g/mol. The molecule has 0 aromatic heterocycles. The van der Waals surface area contributed by atoms with Gasteiger partial charge in [0.05, 0.1) is 31.2 Å². The number of hydrogen-bond acceptors (Lipinski definition) is 6. The van der Waals surface area contributed by atoms with Crippen molar-refractivity contribution in [1.82, 2.24) is 0 Å². The minimum Gasteiger partial charge on any atom is -0.507 e. The third-order valence-corrected chi connectivity index (χ3v) is 6.09. The summed E-state index contributed by atoms with van der Waals surface area (Å²) in [7, 11) is 1.32. The van der Waals surface area contributed by atoms with Crippen LogP contribution < -0.4 is 9.64 Å². The Bertz CT molecular complexity index is 1360. The molecule has 1 aliphatic heterocycles. The zero-order chi connectivity index (χ0) is 26.7. The van der Waals surface area contributed by atoms with E-state index in [0.29, 0.717) is 28.1 Å². The first-order valence-electron chi connectivity index (χ1n) is 12.0. The highest BCUT2D eigenvalue weighted by Gasteiger charge is 2.47. The standard InChI is InChI=1S/C30H29NO6/c1-18(2)37-24-14-10-21(11-15-24)28(33)26-27(22-7-5-6-19(3)16-22)31(30(35)29(26)34)23-12-8-20(9-13-23)17-25(32)36-4/h5-16,18,27,33H,17H2,1-4H3/b28-26-. The number of carbonyl (C=O) groups is 3. The summed E-state index contributed by atoms with van der Waals surface area (Å²) in [5, 5.41) is 11.3. The van der Waals surface area contributed by atoms with Gasteiger partial charge >= 0.3 is 5.97 Å². The van der Waals surface area contributed by atoms with Crippen molar-refractivity contribution in [3.8, 4) is 5.75 Å². The van der Waals surface area contributed by atoms with E-state index in [-0.39, 0.29) is 29.8 Å². The van der Waals surface area contributed by atoms with Crippen LogP contribution in [0, 0.1) is 6.92 Å². The van der Waals surface area contributed by atoms with Crippen LogP contribution >= 0.6 is 0 Å². The topological polar surface area (TPSA) is 93.1 Å². The Hall–Kier alpha value is -4.39. The summed E-state index contributed by atoms with van der Waals surface area (Å²) < 4.78 is 10.4. The molecule has 4 rings (SSSR count). The summed E-state index contributed by atoms with van der Waals surface area (Å²) in [5.74, 6) is -1.52. The molecular formula is C30H29NO6. The molecule has 1 fully saturated rings. The Morgan fingerprint density at radius 3 is 2.27 bits per heavy atom. The molecule has 1 unspecified atom stereocenters. The van der Waals surface area contributed by atoms with Crippen molar-refractivity contribution in [1.29, 1.82) is 0 Å². The van der Waals surface area contributed by atoms with Crippen molar-refractivity contribution in [3.05, 3.63) is 101 Å². The number of amides is 1. The molecule has 0 bridgehead atoms. The van der Waals surface area contributed by atoms with E-state index in [1.54, 1.807) is 48.5 Å². The number of methoxy groups -OCH3 is 1. The number of benzene rings is 3. The fourth-order valence-corrected chi connectivity index (χ4v) is 4.39. The van der Waals surface area contributed by atoms with Crippen molar-refractivity contribution in [3.63, 3.8) is 0 Å². The molecule has 3 aromatic rings. The lowest BCUT2D eigenvalue weighted by molar-refractivity contribution is -0.139. The maximum Gasteiger partial charge on any atom is 0.309 e. The van der Waals surface area contributed by atoms with Crippen molar-refractivity contribution >= 4 is 29.1 Å². The van der Waals surface area contributed by atoms with Crippen LogP contribution in [0.1, 0.15) is 42.1 Å². The van der Waals surface area contributed by atoms with Gasteiger partial charge in [0.15, 0.2) is 0 Å². The van der Waals surface area contributed by atoms with Crippen LogP contribution in [0.3, 0.4) is 0 Å². The van der Waals surface area contributed by atoms with Crippen molar-refractivity contribution in [2.24, 2.45) is 0 Å². The smallest absolute Gasteiger partial charge is 0.309 e. The normalized spacial score (nSPS) is 16.8. The second-order valence-corrected chi connectivity index (χ2v) is 9.19. The van der Waals surface area contributed by atoms with E-state index in [1.807, 2.05) is 45.0 Å². The molecule has 1 aliphatic rings. The van der Waals surface area contributed by atoms with Crippen molar-refractivity contribution in [2.45, 2.75) is 39.3 Å². The Morgan fingerprint density at radius 2 is 1.68 bits per heavy atom. The van der Waals surface area contributed by atoms with Crippen LogP contribution in [-0.4, -0.2) is 36.0 Å². The van der Waals surface area contributed by atoms with Gasteiger partial charge in [-0.25, -0.2) is 0 Å². The van der Waals surface area contributed by atoms with Crippen LogP contribution in [0.4, 0.5) is 5.69 Å². The molecule has 1 heterocycles. The molecule has 1 atom stereocenters. The minimum absolute atomic E-state index is 0.00626. The fraction of sp³-hybridized carbons (Fsp3) is 0.233. The quantitative estimate of drug-likeness (QED) is 0.210. The monoisotopic (exact) mass is 499 g/mol. The highest BCUT2D eigenvalue weighted by molar-refractivity contribution is 6.51. The van der Waals surface area contributed by atoms with Gasteiger partial charge in [-0.15, -0.1) is 0 Å². The number of ether oxygens (including phenoxy) is 2. The zero-order valence-electron chi connectivity index (χ0n) is 21.2. The number of carbonyl (C=O) groups excluding carboxylic acids is 3. The summed E-state index contributed by atoms with van der Waals surface area (Å²) in [6, 6.07) is 20.2. The lowest BCUT2D eigenvalue weighted by Gasteiger charge is -2.26. The van der Waals surface area contributed by atoms with E-state index in [4.69, 9.17) is 9.47 Å². The number of esters is 1. The van der Waals surface area contributed by atoms with Gasteiger partial charge in [-0.3, -0.25) is 19.3 Å². The van der Waals surface area contributed by atoms with E-state index in [0.717, 1.165) is 5.56 Å². The molecule has 0 spiro atoms. The molecule has 7 nitrogen and oxygen atoms in total. The molecule has 1 N–H and O–H groups in total. The van der Waals surface area contributed by atoms with Crippen LogP contribution in [0.5, 0.6) is 5.75 Å². The molecule has 1 saturated heterocycles. The highest BCUT2D eigenvalue weighted by Crippen LogP contribution is 2.42. The van der Waals surface area contributed by atoms with Crippen LogP contribution in [0.15, 0.2) is 78.4 Å². The van der Waals surface area contributed by atoms with E-state index in [2.05, 4.69) is 0 Å². The SMILES string of the molecule is COC(=O)Cc1ccc(N2C(=O)C(=O)/C(=C(\O)c3ccc(OC(C)C)cc3)C2c2cccc(C)c2)cc1. The number of aliphatic hydroxyl groups excluding tert-OH is 1. The molecule has 190 valence electrons. The Labute approximate surface area is 215 Å². The Morgan fingerprint density at radius 1 is 1.00 bits per heavy atom. The molecule has 0 saturated carbocycles. The number of hydrogen-bond donors (Lipinski definition) is 1. The zero-order valence-corrected chi connectivity index (χ0v) is 21.2. The van der Waals surface area contributed by atoms with Crippen LogP contribution in [0.2, 0.25) is 0 Å². The fourth-order valence-electron chi connectivity index (χ4n) is 4.39. The molecular weight excluding hydrogens is 470 g/mol. The van der Waals surface area contributed by atoms with Gasteiger partial charge < -0.3 is 14.6 Å². The molecule has 7 heteroatoms. The second kappa shape index (κ2) is 10.7. The highest BCUT2D eigenvalue weighted by atomic mass is 16.5. The van der Waals surface area contributed by atoms with Crippen molar-refractivity contribution < 1.29 is 29.0 Å². The number of rotatable bonds is 7. The lowest BCUT2D eigenvalue weighted by atomic mass is 9.94. The number of Topliss-reactive ketones (excluding diaryl/α,β-unsaturated/α-hetero) is 1. The van der Waals surface area contributed by atoms with E-state index in [9.17, 15) is 19.5 Å². The van der Waals surface area contributed by atoms with Gasteiger partial charge in [0.1, 0.15) is 11.5 Å². The first-order chi connectivity index (χ1) is 17.7. The maximum absolute atomic E-state index is 13.3. The molecule has 0 radical (unpaired) electrons. The molecule has 37 heavy (non-hydrogen) atoms. The summed E-state index contributed by atoms with van der Waals surface area (Å²) >= 11 is 0. The van der Waals surface area contributed by atoms with Gasteiger partial charge in [0.25, 0.3) is 11.7 Å². The first kappa shape index (κ1) is 25.7. The minimum atomic E-state index is -0.835. The number of nitrogens with zero attached hydrogens (tertiary/aromatic N) is 1. The van der Waals surface area contributed by atoms with Gasteiger partial charge in [0, 0.05) is 11.3 Å². The molecule has 0 aliphatic carbocycles. The third-order valence-electron chi connectivity index (χ3n) is 6.09. The maximum atomic E-state index is 13.3. The van der Waals surface area contributed by atoms with Crippen molar-refractivity contribution in [2.75, 3.05) is 12.0 Å². The third kappa shape index (κ3) is 5.40. The van der Waals surface area contributed by atoms with Crippen LogP contribution in [-0.2, 0) is 25.5 Å². The van der Waals surface area contributed by atoms with Gasteiger partial charge in [-0.1, -0.05) is 42.0 Å². The number of anilines is 1. The first-order valence-corrected chi connectivity index (χ1v) is 12.0. The summed E-state index contributed by atoms with van der Waals surface area (Å²) in [6.45, 7) is 5.75. The number of aryl methyl sites for hydroxylation is 1. The predicted molar refractivity (Wildman–Crippen MR) is 140 cm³/mol. The van der Waals surface area contributed by atoms with Gasteiger partial charge in [0.2, 0.25) is 0 Å². The Kier molecular flexibility index (Phi) is 7.43. The number of aliphatic hydroxyl groups is 1. The molecule has 3 aromatic carbocycles. The van der Waals surface area contributed by atoms with Gasteiger partial charge in [-0.2, -0.15) is 0 Å². The van der Waals surface area contributed by atoms with E-state index < -0.39 is 17.7 Å². The van der Waals surface area contributed by atoms with E-state index in [1.165, 1.54) is 12.0 Å². The summed E-state index contributed by atoms with van der Waals surface area (Å²) in [4.78, 5) is 39.7.